The van der Waals surface area contributed by atoms with Crippen LogP contribution in [0.4, 0.5) is 0 Å². The quantitative estimate of drug-likeness (QED) is 0.144. The number of nitrogens with zero attached hydrogens (tertiary/aromatic N) is 1. The van der Waals surface area contributed by atoms with Crippen molar-refractivity contribution in [2.45, 2.75) is 12.3 Å². The summed E-state index contributed by atoms with van der Waals surface area (Å²) in [6.45, 7) is 1.50. The van der Waals surface area contributed by atoms with E-state index in [1.807, 2.05) is 53.2 Å². The molecule has 6 nitrogen and oxygen atoms in total. The highest BCUT2D eigenvalue weighted by Crippen LogP contribution is 2.43. The minimum absolute atomic E-state index is 0.0304. The summed E-state index contributed by atoms with van der Waals surface area (Å²) in [5.41, 5.74) is 3.49. The molecule has 5 aromatic rings. The third-order valence-electron chi connectivity index (χ3n) is 6.33. The van der Waals surface area contributed by atoms with E-state index in [1.165, 1.54) is 35.7 Å². The summed E-state index contributed by atoms with van der Waals surface area (Å²) in [6, 6.07) is 34.5. The lowest BCUT2D eigenvalue weighted by molar-refractivity contribution is 0.0695. The first kappa shape index (κ1) is 26.8. The molecule has 0 aliphatic carbocycles. The van der Waals surface area contributed by atoms with Crippen molar-refractivity contribution >= 4 is 34.5 Å². The maximum absolute atomic E-state index is 10.8. The van der Waals surface area contributed by atoms with Crippen molar-refractivity contribution in [1.29, 1.82) is 0 Å². The van der Waals surface area contributed by atoms with Crippen molar-refractivity contribution in [3.05, 3.63) is 158 Å². The summed E-state index contributed by atoms with van der Waals surface area (Å²) in [7, 11) is 0. The molecule has 0 fully saturated rings. The number of benzene rings is 4. The van der Waals surface area contributed by atoms with Gasteiger partial charge in [-0.25, -0.2) is 14.6 Å². The van der Waals surface area contributed by atoms with Crippen LogP contribution in [0.15, 0.2) is 116 Å². The van der Waals surface area contributed by atoms with E-state index in [0.29, 0.717) is 3.57 Å². The van der Waals surface area contributed by atoms with Crippen molar-refractivity contribution < 1.29 is 19.8 Å². The number of aromatic carboxylic acids is 2. The molecule has 5 rings (SSSR count). The second-order valence-electron chi connectivity index (χ2n) is 8.49. The number of carbonyl (C=O) groups is 2. The lowest BCUT2D eigenvalue weighted by Crippen LogP contribution is -2.32. The number of hydrogen-bond acceptors (Lipinski definition) is 3. The van der Waals surface area contributed by atoms with Gasteiger partial charge in [-0.3, -0.25) is 0 Å². The second-order valence-corrected chi connectivity index (χ2v) is 9.65. The average Bonchev–Trinajstić information content (AvgIpc) is 3.46. The van der Waals surface area contributed by atoms with Crippen LogP contribution in [0.2, 0.25) is 0 Å². The Morgan fingerprint density at radius 1 is 0.737 bits per heavy atom. The van der Waals surface area contributed by atoms with E-state index in [1.54, 1.807) is 0 Å². The minimum Gasteiger partial charge on any atom is -0.478 e. The molecular weight excluding hydrogens is 591 g/mol. The van der Waals surface area contributed by atoms with Gasteiger partial charge >= 0.3 is 11.9 Å². The summed E-state index contributed by atoms with van der Waals surface area (Å²) in [4.78, 5) is 29.6. The maximum Gasteiger partial charge on any atom is 0.337 e. The Kier molecular flexibility index (Phi) is 8.38. The molecule has 1 aromatic heterocycles. The fourth-order valence-corrected chi connectivity index (χ4v) is 5.43. The Hall–Kier alpha value is -4.24. The van der Waals surface area contributed by atoms with Crippen molar-refractivity contribution in [1.82, 2.24) is 9.97 Å². The normalized spacial score (nSPS) is 10.8. The number of nitrogens with one attached hydrogen (secondary N) is 1. The first-order chi connectivity index (χ1) is 18.4. The molecular formula is C31H25IN2O4. The smallest absolute Gasteiger partial charge is 0.337 e. The van der Waals surface area contributed by atoms with Crippen LogP contribution in [-0.4, -0.2) is 32.1 Å². The van der Waals surface area contributed by atoms with Gasteiger partial charge in [-0.15, -0.1) is 0 Å². The number of H-pyrrole nitrogens is 1. The van der Waals surface area contributed by atoms with E-state index >= 15 is 0 Å². The molecule has 0 radical (unpaired) electrons. The molecule has 0 aliphatic heterocycles. The Balaban J connectivity index is 0.000000206. The first-order valence-electron chi connectivity index (χ1n) is 11.8. The first-order valence-corrected chi connectivity index (χ1v) is 12.9. The highest BCUT2D eigenvalue weighted by atomic mass is 127. The van der Waals surface area contributed by atoms with Crippen molar-refractivity contribution in [2.24, 2.45) is 0 Å². The van der Waals surface area contributed by atoms with E-state index in [4.69, 9.17) is 10.2 Å². The third kappa shape index (κ3) is 5.24. The van der Waals surface area contributed by atoms with Crippen LogP contribution in [0.3, 0.4) is 0 Å². The third-order valence-corrected chi connectivity index (χ3v) is 7.23. The van der Waals surface area contributed by atoms with Crippen LogP contribution in [0, 0.1) is 10.5 Å². The molecule has 0 saturated heterocycles. The molecule has 4 aromatic carbocycles. The summed E-state index contributed by atoms with van der Waals surface area (Å²) >= 11 is 1.87. The Morgan fingerprint density at radius 2 is 1.21 bits per heavy atom. The van der Waals surface area contributed by atoms with Gasteiger partial charge in [-0.05, 0) is 63.9 Å². The molecule has 7 heteroatoms. The molecule has 0 unspecified atom stereocenters. The molecule has 3 N–H and O–H groups in total. The van der Waals surface area contributed by atoms with Gasteiger partial charge < -0.3 is 15.2 Å². The van der Waals surface area contributed by atoms with Crippen LogP contribution < -0.4 is 0 Å². The van der Waals surface area contributed by atoms with Gasteiger partial charge in [0.25, 0.3) is 0 Å². The fraction of sp³-hybridized carbons (Fsp3) is 0.0645. The molecule has 0 atom stereocenters. The number of hydrogen-bond donors (Lipinski definition) is 3. The van der Waals surface area contributed by atoms with Gasteiger partial charge in [0.2, 0.25) is 0 Å². The Labute approximate surface area is 234 Å². The molecule has 0 spiro atoms. The van der Waals surface area contributed by atoms with Crippen LogP contribution in [0.5, 0.6) is 0 Å². The number of carboxylic acid groups (broad SMARTS) is 2. The van der Waals surface area contributed by atoms with Gasteiger partial charge in [-0.2, -0.15) is 0 Å². The predicted octanol–water partition coefficient (Wildman–Crippen LogP) is 6.79. The van der Waals surface area contributed by atoms with Gasteiger partial charge in [0.05, 0.1) is 11.1 Å². The number of aromatic nitrogens is 2. The minimum atomic E-state index is -1.11. The van der Waals surface area contributed by atoms with Crippen LogP contribution in [0.25, 0.3) is 0 Å². The summed E-state index contributed by atoms with van der Waals surface area (Å²) in [5, 5.41) is 17.6. The molecule has 1 heterocycles. The molecule has 0 aliphatic rings. The van der Waals surface area contributed by atoms with E-state index < -0.39 is 17.4 Å². The van der Waals surface area contributed by atoms with Crippen molar-refractivity contribution in [2.75, 3.05) is 0 Å². The largest absolute Gasteiger partial charge is 0.478 e. The maximum atomic E-state index is 10.8. The number of halogens is 1. The molecule has 0 amide bonds. The number of rotatable bonds is 6. The predicted molar refractivity (Wildman–Crippen MR) is 155 cm³/mol. The summed E-state index contributed by atoms with van der Waals surface area (Å²) in [5.74, 6) is -1.29. The topological polar surface area (TPSA) is 103 Å². The lowest BCUT2D eigenvalue weighted by atomic mass is 9.69. The highest BCUT2D eigenvalue weighted by molar-refractivity contribution is 14.1. The number of aromatic amines is 1. The molecule has 190 valence electrons. The van der Waals surface area contributed by atoms with Gasteiger partial charge in [0.1, 0.15) is 11.2 Å². The Bertz CT molecular complexity index is 1420. The van der Waals surface area contributed by atoms with Gasteiger partial charge in [0, 0.05) is 16.0 Å². The van der Waals surface area contributed by atoms with E-state index in [-0.39, 0.29) is 16.7 Å². The zero-order valence-electron chi connectivity index (χ0n) is 20.5. The SMILES string of the molecule is Cc1c(C(=O)O)ccc(I)c1C(=O)O.c1ccc(C(c2ccccc2)(c2ccccc2)c2ncc[nH]2)cc1. The van der Waals surface area contributed by atoms with E-state index in [9.17, 15) is 9.59 Å². The van der Waals surface area contributed by atoms with E-state index in [0.717, 1.165) is 5.82 Å². The molecule has 38 heavy (non-hydrogen) atoms. The van der Waals surface area contributed by atoms with Crippen LogP contribution in [0.1, 0.15) is 48.8 Å². The Morgan fingerprint density at radius 3 is 1.58 bits per heavy atom. The van der Waals surface area contributed by atoms with E-state index in [2.05, 4.69) is 82.8 Å². The zero-order chi connectivity index (χ0) is 27.1. The number of imidazole rings is 1. The monoisotopic (exact) mass is 616 g/mol. The second kappa shape index (κ2) is 11.9. The lowest BCUT2D eigenvalue weighted by Gasteiger charge is -2.34. The van der Waals surface area contributed by atoms with Crippen LogP contribution >= 0.6 is 22.6 Å². The van der Waals surface area contributed by atoms with Gasteiger partial charge in [-0.1, -0.05) is 91.0 Å². The summed E-state index contributed by atoms with van der Waals surface area (Å²) in [6.07, 6.45) is 3.71. The molecule has 0 saturated carbocycles. The van der Waals surface area contributed by atoms with Gasteiger partial charge in [0.15, 0.2) is 0 Å². The molecule has 0 bridgehead atoms. The number of carboxylic acids is 2. The fourth-order valence-electron chi connectivity index (χ4n) is 4.62. The zero-order valence-corrected chi connectivity index (χ0v) is 22.7. The summed E-state index contributed by atoms with van der Waals surface area (Å²) < 4.78 is 0.539. The standard InChI is InChI=1S/C22H18N2.C9H7IO4/c1-4-10-18(11-5-1)22(21-23-16-17-24-21,19-12-6-2-7-13-19)20-14-8-3-9-15-20;1-4-5(8(11)12)2-3-6(10)7(4)9(13)14/h1-17H,(H,23,24);2-3H,1H3,(H,11,12)(H,13,14). The van der Waals surface area contributed by atoms with Crippen molar-refractivity contribution in [3.8, 4) is 0 Å². The average molecular weight is 616 g/mol. The van der Waals surface area contributed by atoms with Crippen molar-refractivity contribution in [3.63, 3.8) is 0 Å². The van der Waals surface area contributed by atoms with Crippen LogP contribution in [-0.2, 0) is 5.41 Å². The highest BCUT2D eigenvalue weighted by Gasteiger charge is 2.40.